The minimum Gasteiger partial charge on any atom is -0.367 e. The predicted octanol–water partition coefficient (Wildman–Crippen LogP) is -0.133. The lowest BCUT2D eigenvalue weighted by Crippen LogP contribution is -2.52. The number of carbonyl (C=O) groups is 2. The molecule has 1 saturated carbocycles. The van der Waals surface area contributed by atoms with E-state index in [-0.39, 0.29) is 5.91 Å². The number of amides is 2. The third kappa shape index (κ3) is 4.18. The number of primary amides is 1. The molecule has 1 aliphatic carbocycles. The molecule has 0 bridgehead atoms. The highest BCUT2D eigenvalue weighted by Gasteiger charge is 2.27. The topological polar surface area (TPSA) is 84.7 Å². The molecular formula is C14H25N3O3. The number of hydrogen-bond acceptors (Lipinski definition) is 4. The van der Waals surface area contributed by atoms with Gasteiger partial charge in [-0.15, -0.1) is 0 Å². The second-order valence-electron chi connectivity index (χ2n) is 5.93. The van der Waals surface area contributed by atoms with Gasteiger partial charge in [0.2, 0.25) is 11.8 Å². The summed E-state index contributed by atoms with van der Waals surface area (Å²) in [6.07, 6.45) is 4.12. The van der Waals surface area contributed by atoms with E-state index in [1.54, 1.807) is 0 Å². The molecule has 3 unspecified atom stereocenters. The van der Waals surface area contributed by atoms with E-state index in [0.717, 1.165) is 6.42 Å². The Labute approximate surface area is 120 Å². The Morgan fingerprint density at radius 3 is 2.80 bits per heavy atom. The summed E-state index contributed by atoms with van der Waals surface area (Å²) >= 11 is 0. The summed E-state index contributed by atoms with van der Waals surface area (Å²) in [5.74, 6) is 0.126. The Hall–Kier alpha value is -1.14. The third-order valence-corrected chi connectivity index (χ3v) is 4.29. The fraction of sp³-hybridized carbons (Fsp3) is 0.857. The van der Waals surface area contributed by atoms with Gasteiger partial charge in [0, 0.05) is 19.1 Å². The molecule has 6 nitrogen and oxygen atoms in total. The molecule has 0 radical (unpaired) electrons. The maximum absolute atomic E-state index is 12.1. The Bertz CT molecular complexity index is 362. The van der Waals surface area contributed by atoms with Crippen LogP contribution in [0.5, 0.6) is 0 Å². The van der Waals surface area contributed by atoms with Crippen molar-refractivity contribution in [3.05, 3.63) is 0 Å². The van der Waals surface area contributed by atoms with Crippen LogP contribution >= 0.6 is 0 Å². The molecular weight excluding hydrogens is 258 g/mol. The van der Waals surface area contributed by atoms with Crippen LogP contribution in [0.25, 0.3) is 0 Å². The standard InChI is InChI=1S/C14H25N3O3/c1-10-4-2-3-5-11(10)16-13(18)9-17-6-7-20-12(8-17)14(15)19/h10-12H,2-9H2,1H3,(H2,15,19)(H,16,18). The molecule has 20 heavy (non-hydrogen) atoms. The van der Waals surface area contributed by atoms with Crippen LogP contribution in [0, 0.1) is 5.92 Å². The summed E-state index contributed by atoms with van der Waals surface area (Å²) < 4.78 is 5.27. The normalized spacial score (nSPS) is 31.8. The molecule has 6 heteroatoms. The van der Waals surface area contributed by atoms with Crippen LogP contribution < -0.4 is 11.1 Å². The second kappa shape index (κ2) is 7.04. The maximum Gasteiger partial charge on any atom is 0.247 e. The second-order valence-corrected chi connectivity index (χ2v) is 5.93. The van der Waals surface area contributed by atoms with Crippen molar-refractivity contribution in [3.63, 3.8) is 0 Å². The quantitative estimate of drug-likeness (QED) is 0.752. The van der Waals surface area contributed by atoms with Crippen LogP contribution in [-0.2, 0) is 14.3 Å². The number of carbonyl (C=O) groups excluding carboxylic acids is 2. The van der Waals surface area contributed by atoms with E-state index in [0.29, 0.717) is 38.2 Å². The third-order valence-electron chi connectivity index (χ3n) is 4.29. The van der Waals surface area contributed by atoms with Crippen LogP contribution in [0.1, 0.15) is 32.6 Å². The lowest BCUT2D eigenvalue weighted by molar-refractivity contribution is -0.137. The molecule has 1 aliphatic heterocycles. The molecule has 2 amide bonds. The average Bonchev–Trinajstić information content (AvgIpc) is 2.41. The number of morpholine rings is 1. The molecule has 3 N–H and O–H groups in total. The van der Waals surface area contributed by atoms with Crippen molar-refractivity contribution in [2.45, 2.75) is 44.8 Å². The van der Waals surface area contributed by atoms with E-state index >= 15 is 0 Å². The maximum atomic E-state index is 12.1. The van der Waals surface area contributed by atoms with Gasteiger partial charge in [0.1, 0.15) is 6.10 Å². The summed E-state index contributed by atoms with van der Waals surface area (Å²) in [7, 11) is 0. The molecule has 2 aliphatic rings. The number of rotatable bonds is 4. The van der Waals surface area contributed by atoms with Crippen molar-refractivity contribution in [1.29, 1.82) is 0 Å². The first-order valence-electron chi connectivity index (χ1n) is 7.49. The van der Waals surface area contributed by atoms with Gasteiger partial charge in [0.05, 0.1) is 13.2 Å². The first kappa shape index (κ1) is 15.3. The van der Waals surface area contributed by atoms with Gasteiger partial charge in [-0.3, -0.25) is 14.5 Å². The first-order valence-corrected chi connectivity index (χ1v) is 7.49. The van der Waals surface area contributed by atoms with E-state index in [2.05, 4.69) is 12.2 Å². The zero-order valence-electron chi connectivity index (χ0n) is 12.1. The molecule has 2 fully saturated rings. The van der Waals surface area contributed by atoms with Gasteiger partial charge in [-0.25, -0.2) is 0 Å². The fourth-order valence-corrected chi connectivity index (χ4v) is 3.00. The summed E-state index contributed by atoms with van der Waals surface area (Å²) in [5.41, 5.74) is 5.24. The Kier molecular flexibility index (Phi) is 5.37. The van der Waals surface area contributed by atoms with Crippen LogP contribution in [0.3, 0.4) is 0 Å². The number of nitrogens with two attached hydrogens (primary N) is 1. The minimum absolute atomic E-state index is 0.0360. The zero-order chi connectivity index (χ0) is 14.5. The smallest absolute Gasteiger partial charge is 0.247 e. The highest BCUT2D eigenvalue weighted by Crippen LogP contribution is 2.23. The summed E-state index contributed by atoms with van der Waals surface area (Å²) in [6.45, 7) is 4.03. The molecule has 0 aromatic heterocycles. The van der Waals surface area contributed by atoms with Crippen molar-refractivity contribution < 1.29 is 14.3 Å². The van der Waals surface area contributed by atoms with Gasteiger partial charge in [-0.2, -0.15) is 0 Å². The van der Waals surface area contributed by atoms with Gasteiger partial charge < -0.3 is 15.8 Å². The molecule has 3 atom stereocenters. The fourth-order valence-electron chi connectivity index (χ4n) is 3.00. The monoisotopic (exact) mass is 283 g/mol. The summed E-state index contributed by atoms with van der Waals surface area (Å²) in [6, 6.07) is 0.296. The van der Waals surface area contributed by atoms with Crippen molar-refractivity contribution in [2.24, 2.45) is 11.7 Å². The molecule has 0 aromatic carbocycles. The van der Waals surface area contributed by atoms with Crippen LogP contribution in [0.15, 0.2) is 0 Å². The van der Waals surface area contributed by atoms with E-state index in [9.17, 15) is 9.59 Å². The Balaban J connectivity index is 1.77. The summed E-state index contributed by atoms with van der Waals surface area (Å²) in [4.78, 5) is 25.1. The Morgan fingerprint density at radius 1 is 1.35 bits per heavy atom. The van der Waals surface area contributed by atoms with E-state index in [4.69, 9.17) is 10.5 Å². The molecule has 0 aromatic rings. The molecule has 114 valence electrons. The first-order chi connectivity index (χ1) is 9.56. The van der Waals surface area contributed by atoms with Gasteiger partial charge in [-0.05, 0) is 18.8 Å². The highest BCUT2D eigenvalue weighted by molar-refractivity contribution is 5.80. The van der Waals surface area contributed by atoms with Crippen molar-refractivity contribution in [1.82, 2.24) is 10.2 Å². The van der Waals surface area contributed by atoms with Gasteiger partial charge >= 0.3 is 0 Å². The van der Waals surface area contributed by atoms with Crippen molar-refractivity contribution >= 4 is 11.8 Å². The van der Waals surface area contributed by atoms with Crippen molar-refractivity contribution in [2.75, 3.05) is 26.2 Å². The van der Waals surface area contributed by atoms with Crippen LogP contribution in [0.2, 0.25) is 0 Å². The zero-order valence-corrected chi connectivity index (χ0v) is 12.1. The summed E-state index contributed by atoms with van der Waals surface area (Å²) in [5, 5.41) is 3.12. The number of ether oxygens (including phenoxy) is 1. The number of nitrogens with zero attached hydrogens (tertiary/aromatic N) is 1. The van der Waals surface area contributed by atoms with Crippen molar-refractivity contribution in [3.8, 4) is 0 Å². The largest absolute Gasteiger partial charge is 0.367 e. The number of hydrogen-bond donors (Lipinski definition) is 2. The minimum atomic E-state index is -0.592. The molecule has 2 rings (SSSR count). The molecule has 1 saturated heterocycles. The Morgan fingerprint density at radius 2 is 2.10 bits per heavy atom. The van der Waals surface area contributed by atoms with Gasteiger partial charge in [-0.1, -0.05) is 19.8 Å². The predicted molar refractivity (Wildman–Crippen MR) is 74.9 cm³/mol. The van der Waals surface area contributed by atoms with Crippen LogP contribution in [-0.4, -0.2) is 55.1 Å². The highest BCUT2D eigenvalue weighted by atomic mass is 16.5. The SMILES string of the molecule is CC1CCCCC1NC(=O)CN1CCOC(C(N)=O)C1. The molecule has 0 spiro atoms. The van der Waals surface area contributed by atoms with E-state index < -0.39 is 12.0 Å². The lowest BCUT2D eigenvalue weighted by Gasteiger charge is -2.33. The average molecular weight is 283 g/mol. The number of nitrogens with one attached hydrogen (secondary N) is 1. The molecule has 1 heterocycles. The van der Waals surface area contributed by atoms with Gasteiger partial charge in [0.25, 0.3) is 0 Å². The van der Waals surface area contributed by atoms with E-state index in [1.807, 2.05) is 4.90 Å². The van der Waals surface area contributed by atoms with Gasteiger partial charge in [0.15, 0.2) is 0 Å². The van der Waals surface area contributed by atoms with E-state index in [1.165, 1.54) is 19.3 Å². The van der Waals surface area contributed by atoms with Crippen LogP contribution in [0.4, 0.5) is 0 Å². The lowest BCUT2D eigenvalue weighted by atomic mass is 9.86.